The van der Waals surface area contributed by atoms with E-state index >= 15 is 0 Å². The molecule has 0 unspecified atom stereocenters. The molecule has 0 spiro atoms. The number of rotatable bonds is 5. The highest BCUT2D eigenvalue weighted by Crippen LogP contribution is 2.31. The number of benzene rings is 1. The second-order valence-corrected chi connectivity index (χ2v) is 6.02. The molecule has 0 heterocycles. The minimum atomic E-state index is -0.878. The third-order valence-electron chi connectivity index (χ3n) is 3.89. The van der Waals surface area contributed by atoms with Crippen LogP contribution in [0.4, 0.5) is 5.69 Å². The van der Waals surface area contributed by atoms with Crippen LogP contribution in [0.3, 0.4) is 0 Å². The molecule has 2 atom stereocenters. The minimum absolute atomic E-state index is 0.0562. The molecule has 1 aliphatic rings. The summed E-state index contributed by atoms with van der Waals surface area (Å²) in [6.07, 6.45) is 3.03. The number of nitrogens with one attached hydrogen (secondary N) is 1. The summed E-state index contributed by atoms with van der Waals surface area (Å²) in [5.74, 6) is -1.44. The summed E-state index contributed by atoms with van der Waals surface area (Å²) in [6, 6.07) is 7.18. The third kappa shape index (κ3) is 4.23. The molecule has 22 heavy (non-hydrogen) atoms. The van der Waals surface area contributed by atoms with Gasteiger partial charge in [-0.2, -0.15) is 0 Å². The van der Waals surface area contributed by atoms with Crippen LogP contribution >= 0.6 is 0 Å². The monoisotopic (exact) mass is 305 g/mol. The number of aliphatic carboxylic acids is 1. The molecule has 0 radical (unpaired) electrons. The number of anilines is 1. The molecular weight excluding hydrogens is 282 g/mol. The van der Waals surface area contributed by atoms with Crippen LogP contribution < -0.4 is 10.1 Å². The van der Waals surface area contributed by atoms with E-state index in [0.29, 0.717) is 24.3 Å². The molecule has 1 aromatic rings. The van der Waals surface area contributed by atoms with Crippen molar-refractivity contribution in [1.29, 1.82) is 0 Å². The Kier molecular flexibility index (Phi) is 5.41. The van der Waals surface area contributed by atoms with Crippen LogP contribution in [0.15, 0.2) is 24.3 Å². The Hall–Kier alpha value is -2.04. The number of carboxylic acids is 1. The van der Waals surface area contributed by atoms with Crippen LogP contribution in [0.1, 0.15) is 39.5 Å². The number of carbonyl (C=O) groups excluding carboxylic acids is 1. The maximum absolute atomic E-state index is 12.4. The van der Waals surface area contributed by atoms with Crippen molar-refractivity contribution in [2.45, 2.75) is 45.6 Å². The van der Waals surface area contributed by atoms with E-state index in [1.54, 1.807) is 12.1 Å². The third-order valence-corrected chi connectivity index (χ3v) is 3.89. The van der Waals surface area contributed by atoms with Crippen molar-refractivity contribution in [2.24, 2.45) is 11.8 Å². The van der Waals surface area contributed by atoms with E-state index in [-0.39, 0.29) is 12.0 Å². The first-order valence-electron chi connectivity index (χ1n) is 7.77. The molecule has 1 saturated carbocycles. The van der Waals surface area contributed by atoms with Gasteiger partial charge in [-0.1, -0.05) is 18.9 Å². The molecule has 1 aromatic carbocycles. The van der Waals surface area contributed by atoms with Crippen LogP contribution in [0, 0.1) is 11.8 Å². The van der Waals surface area contributed by atoms with E-state index in [0.717, 1.165) is 12.8 Å². The predicted molar refractivity (Wildman–Crippen MR) is 83.9 cm³/mol. The number of hydrogen-bond acceptors (Lipinski definition) is 3. The molecule has 0 aliphatic heterocycles. The summed E-state index contributed by atoms with van der Waals surface area (Å²) in [5, 5.41) is 12.1. The lowest BCUT2D eigenvalue weighted by Crippen LogP contribution is -2.36. The normalized spacial score (nSPS) is 21.4. The van der Waals surface area contributed by atoms with Crippen LogP contribution in [0.2, 0.25) is 0 Å². The Bertz CT molecular complexity index is 541. The number of carboxylic acid groups (broad SMARTS) is 1. The molecule has 5 heteroatoms. The second kappa shape index (κ2) is 7.29. The SMILES string of the molecule is CC(C)Oc1cccc(NC(=O)[C@H]2CCCC[C@@H]2C(=O)O)c1. The van der Waals surface area contributed by atoms with E-state index in [1.165, 1.54) is 0 Å². The number of carbonyl (C=O) groups is 2. The zero-order valence-corrected chi connectivity index (χ0v) is 13.0. The van der Waals surface area contributed by atoms with Crippen molar-refractivity contribution in [1.82, 2.24) is 0 Å². The zero-order valence-electron chi connectivity index (χ0n) is 13.0. The van der Waals surface area contributed by atoms with Crippen LogP contribution in [0.5, 0.6) is 5.75 Å². The Morgan fingerprint density at radius 2 is 1.91 bits per heavy atom. The number of amides is 1. The van der Waals surface area contributed by atoms with E-state index in [9.17, 15) is 14.7 Å². The second-order valence-electron chi connectivity index (χ2n) is 6.02. The first-order chi connectivity index (χ1) is 10.5. The largest absolute Gasteiger partial charge is 0.491 e. The maximum atomic E-state index is 12.4. The first-order valence-corrected chi connectivity index (χ1v) is 7.77. The standard InChI is InChI=1S/C17H23NO4/c1-11(2)22-13-7-5-6-12(10-13)18-16(19)14-8-3-4-9-15(14)17(20)21/h5-7,10-11,14-15H,3-4,8-9H2,1-2H3,(H,18,19)(H,20,21)/t14-,15-/m0/s1. The van der Waals surface area contributed by atoms with Gasteiger partial charge in [0, 0.05) is 11.8 Å². The lowest BCUT2D eigenvalue weighted by molar-refractivity contribution is -0.147. The van der Waals surface area contributed by atoms with Crippen molar-refractivity contribution in [3.63, 3.8) is 0 Å². The van der Waals surface area contributed by atoms with Crippen molar-refractivity contribution < 1.29 is 19.4 Å². The van der Waals surface area contributed by atoms with Gasteiger partial charge in [0.15, 0.2) is 0 Å². The molecule has 1 amide bonds. The molecule has 0 bridgehead atoms. The van der Waals surface area contributed by atoms with Gasteiger partial charge in [0.05, 0.1) is 17.9 Å². The molecular formula is C17H23NO4. The first kappa shape index (κ1) is 16.3. The van der Waals surface area contributed by atoms with Gasteiger partial charge in [0.2, 0.25) is 5.91 Å². The average molecular weight is 305 g/mol. The van der Waals surface area contributed by atoms with Gasteiger partial charge in [0.1, 0.15) is 5.75 Å². The molecule has 1 fully saturated rings. The highest BCUT2D eigenvalue weighted by molar-refractivity contribution is 5.95. The molecule has 120 valence electrons. The molecule has 2 N–H and O–H groups in total. The van der Waals surface area contributed by atoms with Crippen LogP contribution in [-0.2, 0) is 9.59 Å². The Morgan fingerprint density at radius 3 is 2.55 bits per heavy atom. The van der Waals surface area contributed by atoms with E-state index in [1.807, 2.05) is 26.0 Å². The Labute approximate surface area is 130 Å². The summed E-state index contributed by atoms with van der Waals surface area (Å²) in [4.78, 5) is 23.7. The number of hydrogen-bond donors (Lipinski definition) is 2. The Morgan fingerprint density at radius 1 is 1.23 bits per heavy atom. The molecule has 2 rings (SSSR count). The molecule has 5 nitrogen and oxygen atoms in total. The Balaban J connectivity index is 2.06. The molecule has 1 aliphatic carbocycles. The van der Waals surface area contributed by atoms with Crippen molar-refractivity contribution >= 4 is 17.6 Å². The zero-order chi connectivity index (χ0) is 16.1. The fourth-order valence-corrected chi connectivity index (χ4v) is 2.89. The fourth-order valence-electron chi connectivity index (χ4n) is 2.89. The van der Waals surface area contributed by atoms with Gasteiger partial charge >= 0.3 is 5.97 Å². The van der Waals surface area contributed by atoms with Gasteiger partial charge in [-0.25, -0.2) is 0 Å². The lowest BCUT2D eigenvalue weighted by atomic mass is 9.78. The van der Waals surface area contributed by atoms with Crippen molar-refractivity contribution in [3.8, 4) is 5.75 Å². The van der Waals surface area contributed by atoms with Crippen molar-refractivity contribution in [3.05, 3.63) is 24.3 Å². The predicted octanol–water partition coefficient (Wildman–Crippen LogP) is 3.30. The van der Waals surface area contributed by atoms with Gasteiger partial charge < -0.3 is 15.2 Å². The molecule has 0 saturated heterocycles. The molecule has 0 aromatic heterocycles. The fraction of sp³-hybridized carbons (Fsp3) is 0.529. The summed E-state index contributed by atoms with van der Waals surface area (Å²) in [6.45, 7) is 3.87. The van der Waals surface area contributed by atoms with E-state index < -0.39 is 17.8 Å². The summed E-state index contributed by atoms with van der Waals surface area (Å²) in [7, 11) is 0. The highest BCUT2D eigenvalue weighted by Gasteiger charge is 2.35. The van der Waals surface area contributed by atoms with Crippen molar-refractivity contribution in [2.75, 3.05) is 5.32 Å². The quantitative estimate of drug-likeness (QED) is 0.875. The lowest BCUT2D eigenvalue weighted by Gasteiger charge is -2.27. The minimum Gasteiger partial charge on any atom is -0.491 e. The number of ether oxygens (including phenoxy) is 1. The van der Waals surface area contributed by atoms with Gasteiger partial charge in [-0.15, -0.1) is 0 Å². The summed E-state index contributed by atoms with van der Waals surface area (Å²) < 4.78 is 5.60. The van der Waals surface area contributed by atoms with Crippen LogP contribution in [0.25, 0.3) is 0 Å². The van der Waals surface area contributed by atoms with Gasteiger partial charge in [0.25, 0.3) is 0 Å². The van der Waals surface area contributed by atoms with E-state index in [2.05, 4.69) is 5.32 Å². The summed E-state index contributed by atoms with van der Waals surface area (Å²) in [5.41, 5.74) is 0.637. The maximum Gasteiger partial charge on any atom is 0.307 e. The van der Waals surface area contributed by atoms with Crippen LogP contribution in [-0.4, -0.2) is 23.1 Å². The summed E-state index contributed by atoms with van der Waals surface area (Å²) >= 11 is 0. The van der Waals surface area contributed by atoms with E-state index in [4.69, 9.17) is 4.74 Å². The smallest absolute Gasteiger partial charge is 0.307 e. The highest BCUT2D eigenvalue weighted by atomic mass is 16.5. The van der Waals surface area contributed by atoms with Gasteiger partial charge in [-0.05, 0) is 38.8 Å². The average Bonchev–Trinajstić information content (AvgIpc) is 2.46. The van der Waals surface area contributed by atoms with Gasteiger partial charge in [-0.3, -0.25) is 9.59 Å². The topological polar surface area (TPSA) is 75.6 Å².